The number of nitrogens with one attached hydrogen (secondary N) is 2. The molecule has 1 saturated carbocycles. The van der Waals surface area contributed by atoms with Gasteiger partial charge in [-0.05, 0) is 62.0 Å². The number of carbonyl (C=O) groups is 1. The molecule has 0 aromatic heterocycles. The Balaban J connectivity index is 0.000000307. The number of amides is 1. The Hall–Kier alpha value is -2.00. The second kappa shape index (κ2) is 13.2. The molecule has 1 fully saturated rings. The summed E-state index contributed by atoms with van der Waals surface area (Å²) < 4.78 is 29.3. The van der Waals surface area contributed by atoms with Crippen LogP contribution in [0.15, 0.2) is 28.6 Å². The molecule has 1 aromatic carbocycles. The summed E-state index contributed by atoms with van der Waals surface area (Å²) in [6.07, 6.45) is 4.65. The SMILES string of the molecule is CCCC1CCC1N=S(=O)=O.CCOc1ccc(CC(=O)NC(=S)NC)cc1. The first-order valence-corrected chi connectivity index (χ1v) is 10.9. The van der Waals surface area contributed by atoms with E-state index >= 15 is 0 Å². The van der Waals surface area contributed by atoms with Crippen LogP contribution in [-0.2, 0) is 21.7 Å². The van der Waals surface area contributed by atoms with Crippen LogP contribution in [0.1, 0.15) is 45.1 Å². The fourth-order valence-corrected chi connectivity index (χ4v) is 3.41. The summed E-state index contributed by atoms with van der Waals surface area (Å²) in [7, 11) is -0.527. The molecule has 1 aromatic rings. The van der Waals surface area contributed by atoms with Crippen molar-refractivity contribution in [3.8, 4) is 5.75 Å². The lowest BCUT2D eigenvalue weighted by atomic mass is 9.77. The van der Waals surface area contributed by atoms with Crippen molar-refractivity contribution in [1.29, 1.82) is 0 Å². The van der Waals surface area contributed by atoms with Crippen molar-refractivity contribution in [3.05, 3.63) is 29.8 Å². The molecule has 156 valence electrons. The Morgan fingerprint density at radius 2 is 1.93 bits per heavy atom. The first-order chi connectivity index (χ1) is 13.4. The highest BCUT2D eigenvalue weighted by Crippen LogP contribution is 2.33. The smallest absolute Gasteiger partial charge is 0.311 e. The van der Waals surface area contributed by atoms with E-state index in [0.29, 0.717) is 24.1 Å². The lowest BCUT2D eigenvalue weighted by molar-refractivity contribution is -0.119. The Bertz CT molecular complexity index is 756. The highest BCUT2D eigenvalue weighted by atomic mass is 32.2. The Morgan fingerprint density at radius 1 is 1.25 bits per heavy atom. The number of hydrogen-bond donors (Lipinski definition) is 2. The topological polar surface area (TPSA) is 96.9 Å². The van der Waals surface area contributed by atoms with Crippen molar-refractivity contribution in [2.24, 2.45) is 10.3 Å². The van der Waals surface area contributed by atoms with Crippen molar-refractivity contribution < 1.29 is 17.9 Å². The molecule has 9 heteroatoms. The molecule has 0 aliphatic heterocycles. The van der Waals surface area contributed by atoms with E-state index in [2.05, 4.69) is 21.9 Å². The standard InChI is InChI=1S/C12H16N2O2S.C7H13NO2S/c1-3-16-10-6-4-9(5-7-10)8-11(15)14-12(17)13-2;1-2-3-6-4-5-7(6)8-11(9)10/h4-7H,3,8H2,1-2H3,(H2,13,14,15,17);6-7H,2-5H2,1H3. The maximum absolute atomic E-state index is 11.5. The molecule has 7 nitrogen and oxygen atoms in total. The van der Waals surface area contributed by atoms with Crippen molar-refractivity contribution in [2.75, 3.05) is 13.7 Å². The minimum atomic E-state index is -2.19. The zero-order chi connectivity index (χ0) is 20.9. The predicted molar refractivity (Wildman–Crippen MR) is 114 cm³/mol. The number of benzene rings is 1. The molecule has 0 heterocycles. The summed E-state index contributed by atoms with van der Waals surface area (Å²) in [4.78, 5) is 11.5. The monoisotopic (exact) mass is 427 g/mol. The van der Waals surface area contributed by atoms with Gasteiger partial charge in [0.1, 0.15) is 5.75 Å². The van der Waals surface area contributed by atoms with Crippen molar-refractivity contribution in [1.82, 2.24) is 10.6 Å². The van der Waals surface area contributed by atoms with Crippen LogP contribution < -0.4 is 15.4 Å². The van der Waals surface area contributed by atoms with Gasteiger partial charge in [0.2, 0.25) is 5.91 Å². The van der Waals surface area contributed by atoms with Gasteiger partial charge in [0.25, 0.3) is 0 Å². The van der Waals surface area contributed by atoms with Gasteiger partial charge in [-0.15, -0.1) is 0 Å². The highest BCUT2D eigenvalue weighted by molar-refractivity contribution is 7.80. The fraction of sp³-hybridized carbons (Fsp3) is 0.579. The fourth-order valence-electron chi connectivity index (χ4n) is 2.80. The molecule has 0 bridgehead atoms. The second-order valence-electron chi connectivity index (χ2n) is 6.40. The normalized spacial score (nSPS) is 17.2. The summed E-state index contributed by atoms with van der Waals surface area (Å²) in [6.45, 7) is 4.68. The largest absolute Gasteiger partial charge is 0.494 e. The Labute approximate surface area is 174 Å². The van der Waals surface area contributed by atoms with Crippen LogP contribution in [0.25, 0.3) is 0 Å². The molecule has 1 aliphatic rings. The molecule has 0 saturated heterocycles. The van der Waals surface area contributed by atoms with Gasteiger partial charge in [0.15, 0.2) is 5.11 Å². The van der Waals surface area contributed by atoms with Crippen LogP contribution >= 0.6 is 12.2 Å². The Morgan fingerprint density at radius 3 is 2.39 bits per heavy atom. The molecule has 0 radical (unpaired) electrons. The first-order valence-electron chi connectivity index (χ1n) is 9.43. The van der Waals surface area contributed by atoms with Crippen LogP contribution in [-0.4, -0.2) is 39.1 Å². The van der Waals surface area contributed by atoms with Gasteiger partial charge in [-0.2, -0.15) is 12.8 Å². The molecule has 2 rings (SSSR count). The van der Waals surface area contributed by atoms with Crippen molar-refractivity contribution >= 4 is 33.7 Å². The molecule has 28 heavy (non-hydrogen) atoms. The van der Waals surface area contributed by atoms with Crippen LogP contribution in [0.2, 0.25) is 0 Å². The zero-order valence-corrected chi connectivity index (χ0v) is 18.2. The number of rotatable bonds is 7. The number of nitrogens with zero attached hydrogens (tertiary/aromatic N) is 1. The van der Waals surface area contributed by atoms with E-state index < -0.39 is 10.5 Å². The summed E-state index contributed by atoms with van der Waals surface area (Å²) in [6, 6.07) is 7.54. The number of carbonyl (C=O) groups excluding carboxylic acids is 1. The van der Waals surface area contributed by atoms with Gasteiger partial charge in [-0.25, -0.2) is 0 Å². The minimum absolute atomic E-state index is 0.105. The molecule has 1 amide bonds. The maximum atomic E-state index is 11.5. The summed E-state index contributed by atoms with van der Waals surface area (Å²) in [5.74, 6) is 1.22. The average molecular weight is 428 g/mol. The van der Waals surface area contributed by atoms with E-state index in [-0.39, 0.29) is 11.9 Å². The molecule has 1 aliphatic carbocycles. The van der Waals surface area contributed by atoms with Gasteiger partial charge in [-0.3, -0.25) is 4.79 Å². The van der Waals surface area contributed by atoms with Crippen molar-refractivity contribution in [3.63, 3.8) is 0 Å². The van der Waals surface area contributed by atoms with Gasteiger partial charge in [0, 0.05) is 7.05 Å². The molecule has 2 atom stereocenters. The summed E-state index contributed by atoms with van der Waals surface area (Å²) >= 11 is 4.84. The molecule has 2 unspecified atom stereocenters. The summed E-state index contributed by atoms with van der Waals surface area (Å²) in [5, 5.41) is 5.59. The maximum Gasteiger partial charge on any atom is 0.311 e. The van der Waals surface area contributed by atoms with Crippen molar-refractivity contribution in [2.45, 2.75) is 52.0 Å². The number of ether oxygens (including phenoxy) is 1. The van der Waals surface area contributed by atoms with E-state index in [1.165, 1.54) is 0 Å². The van der Waals surface area contributed by atoms with Gasteiger partial charge < -0.3 is 15.4 Å². The average Bonchev–Trinajstić information content (AvgIpc) is 2.65. The third-order valence-corrected chi connectivity index (χ3v) is 5.09. The lowest BCUT2D eigenvalue weighted by Gasteiger charge is -2.31. The van der Waals surface area contributed by atoms with Crippen LogP contribution in [0.4, 0.5) is 0 Å². The molecule has 2 N–H and O–H groups in total. The number of thiocarbonyl (C=S) groups is 1. The summed E-state index contributed by atoms with van der Waals surface area (Å²) in [5.41, 5.74) is 0.921. The molecule has 0 spiro atoms. The van der Waals surface area contributed by atoms with Gasteiger partial charge in [0.05, 0.1) is 19.1 Å². The minimum Gasteiger partial charge on any atom is -0.494 e. The highest BCUT2D eigenvalue weighted by Gasteiger charge is 2.29. The Kier molecular flexibility index (Phi) is 11.4. The number of hydrogen-bond acceptors (Lipinski definition) is 6. The third kappa shape index (κ3) is 9.27. The van der Waals surface area contributed by atoms with E-state index in [1.807, 2.05) is 31.2 Å². The van der Waals surface area contributed by atoms with Gasteiger partial charge in [-0.1, -0.05) is 25.5 Å². The van der Waals surface area contributed by atoms with E-state index in [1.54, 1.807) is 7.05 Å². The third-order valence-electron chi connectivity index (χ3n) is 4.34. The second-order valence-corrected chi connectivity index (χ2v) is 7.45. The van der Waals surface area contributed by atoms with Crippen LogP contribution in [0.3, 0.4) is 0 Å². The predicted octanol–water partition coefficient (Wildman–Crippen LogP) is 2.88. The van der Waals surface area contributed by atoms with Crippen LogP contribution in [0, 0.1) is 5.92 Å². The van der Waals surface area contributed by atoms with E-state index in [9.17, 15) is 13.2 Å². The van der Waals surface area contributed by atoms with Gasteiger partial charge >= 0.3 is 10.5 Å². The van der Waals surface area contributed by atoms with E-state index in [0.717, 1.165) is 37.0 Å². The zero-order valence-electron chi connectivity index (χ0n) is 16.6. The van der Waals surface area contributed by atoms with E-state index in [4.69, 9.17) is 17.0 Å². The lowest BCUT2D eigenvalue weighted by Crippen LogP contribution is -2.37. The van der Waals surface area contributed by atoms with Crippen LogP contribution in [0.5, 0.6) is 5.75 Å². The quantitative estimate of drug-likeness (QED) is 0.650. The first kappa shape index (κ1) is 24.0. The molecular weight excluding hydrogens is 398 g/mol. The molecular formula is C19H29N3O4S2.